The number of nitrogens with zero attached hydrogens (tertiary/aromatic N) is 1. The number of rotatable bonds is 2. The van der Waals surface area contributed by atoms with Gasteiger partial charge in [-0.15, -0.1) is 0 Å². The van der Waals surface area contributed by atoms with E-state index >= 15 is 0 Å². The van der Waals surface area contributed by atoms with Gasteiger partial charge in [-0.3, -0.25) is 9.69 Å². The van der Waals surface area contributed by atoms with Crippen molar-refractivity contribution >= 4 is 5.97 Å². The fourth-order valence-electron chi connectivity index (χ4n) is 6.20. The van der Waals surface area contributed by atoms with Gasteiger partial charge in [0.2, 0.25) is 0 Å². The Hall–Kier alpha value is -0.570. The summed E-state index contributed by atoms with van der Waals surface area (Å²) in [7, 11) is 0. The molecule has 0 amide bonds. The second-order valence-corrected chi connectivity index (χ2v) is 7.82. The van der Waals surface area contributed by atoms with Crippen LogP contribution in [0.5, 0.6) is 0 Å². The minimum atomic E-state index is -0.497. The number of hydrogen-bond acceptors (Lipinski definition) is 2. The maximum Gasteiger partial charge on any atom is 0.309 e. The molecule has 0 aromatic rings. The van der Waals surface area contributed by atoms with Gasteiger partial charge < -0.3 is 5.11 Å². The van der Waals surface area contributed by atoms with Crippen LogP contribution in [0.3, 0.4) is 0 Å². The van der Waals surface area contributed by atoms with Crippen LogP contribution in [-0.2, 0) is 4.79 Å². The first kappa shape index (κ1) is 12.2. The van der Waals surface area contributed by atoms with Gasteiger partial charge in [-0.25, -0.2) is 0 Å². The maximum atomic E-state index is 11.9. The summed E-state index contributed by atoms with van der Waals surface area (Å²) < 4.78 is 0. The molecule has 5 rings (SSSR count). The van der Waals surface area contributed by atoms with E-state index < -0.39 is 5.97 Å². The molecular formula is C16H25NO2. The Labute approximate surface area is 115 Å². The molecule has 0 spiro atoms. The number of aliphatic carboxylic acids is 1. The number of carboxylic acid groups (broad SMARTS) is 1. The van der Waals surface area contributed by atoms with Gasteiger partial charge in [0.25, 0.3) is 0 Å². The summed E-state index contributed by atoms with van der Waals surface area (Å²) in [6, 6.07) is 0. The van der Waals surface area contributed by atoms with Gasteiger partial charge in [-0.1, -0.05) is 6.42 Å². The van der Waals surface area contributed by atoms with Crippen molar-refractivity contribution in [2.75, 3.05) is 13.1 Å². The van der Waals surface area contributed by atoms with Crippen molar-refractivity contribution in [1.29, 1.82) is 0 Å². The minimum absolute atomic E-state index is 0.267. The molecule has 4 bridgehead atoms. The normalized spacial score (nSPS) is 49.5. The van der Waals surface area contributed by atoms with Gasteiger partial charge in [0.15, 0.2) is 0 Å². The summed E-state index contributed by atoms with van der Waals surface area (Å²) in [6.45, 7) is 2.43. The molecule has 5 fully saturated rings. The summed E-state index contributed by atoms with van der Waals surface area (Å²) in [6.07, 6.45) is 10.8. The van der Waals surface area contributed by atoms with Crippen LogP contribution < -0.4 is 0 Å². The van der Waals surface area contributed by atoms with Crippen LogP contribution in [0.4, 0.5) is 0 Å². The highest BCUT2D eigenvalue weighted by Gasteiger charge is 2.62. The van der Waals surface area contributed by atoms with E-state index in [4.69, 9.17) is 0 Å². The van der Waals surface area contributed by atoms with Crippen LogP contribution in [0.25, 0.3) is 0 Å². The quantitative estimate of drug-likeness (QED) is 0.833. The van der Waals surface area contributed by atoms with Gasteiger partial charge in [-0.2, -0.15) is 0 Å². The van der Waals surface area contributed by atoms with E-state index in [2.05, 4.69) is 4.90 Å². The van der Waals surface area contributed by atoms with Crippen molar-refractivity contribution in [1.82, 2.24) is 4.90 Å². The zero-order valence-corrected chi connectivity index (χ0v) is 11.7. The predicted octanol–water partition coefficient (Wildman–Crippen LogP) is 2.90. The van der Waals surface area contributed by atoms with Gasteiger partial charge >= 0.3 is 5.97 Å². The molecule has 4 aliphatic carbocycles. The Bertz CT molecular complexity index is 386. The van der Waals surface area contributed by atoms with Crippen molar-refractivity contribution in [3.63, 3.8) is 0 Å². The van der Waals surface area contributed by atoms with Crippen LogP contribution in [0.15, 0.2) is 0 Å². The molecule has 2 atom stereocenters. The molecule has 19 heavy (non-hydrogen) atoms. The lowest BCUT2D eigenvalue weighted by atomic mass is 9.46. The number of carbonyl (C=O) groups is 1. The molecule has 106 valence electrons. The Morgan fingerprint density at radius 3 is 2.21 bits per heavy atom. The predicted molar refractivity (Wildman–Crippen MR) is 72.9 cm³/mol. The highest BCUT2D eigenvalue weighted by atomic mass is 16.4. The van der Waals surface area contributed by atoms with E-state index in [1.807, 2.05) is 0 Å². The molecular weight excluding hydrogens is 238 g/mol. The topological polar surface area (TPSA) is 40.5 Å². The number of hydrogen-bond donors (Lipinski definition) is 1. The molecule has 0 radical (unpaired) electrons. The number of carboxylic acids is 1. The standard InChI is InChI=1S/C16H25NO2/c18-14(19)15-7-12-6-13(8-15)10-16(9-12,11-15)17-4-2-1-3-5-17/h12-13H,1-11H2,(H,18,19). The molecule has 1 saturated heterocycles. The lowest BCUT2D eigenvalue weighted by molar-refractivity contribution is -0.180. The first-order valence-corrected chi connectivity index (χ1v) is 8.10. The molecule has 1 N–H and O–H groups in total. The summed E-state index contributed by atoms with van der Waals surface area (Å²) in [5.41, 5.74) is -0.0928. The Morgan fingerprint density at radius 1 is 1.00 bits per heavy atom. The zero-order chi connectivity index (χ0) is 13.1. The first-order valence-electron chi connectivity index (χ1n) is 8.10. The lowest BCUT2D eigenvalue weighted by Gasteiger charge is -2.64. The molecule has 1 heterocycles. The van der Waals surface area contributed by atoms with E-state index in [9.17, 15) is 9.90 Å². The van der Waals surface area contributed by atoms with E-state index in [0.29, 0.717) is 11.8 Å². The third-order valence-electron chi connectivity index (χ3n) is 6.51. The SMILES string of the molecule is O=C(O)C12CC3CC(C1)CC(N1CCCCC1)(C3)C2. The van der Waals surface area contributed by atoms with Crippen molar-refractivity contribution < 1.29 is 9.90 Å². The molecule has 0 aromatic heterocycles. The highest BCUT2D eigenvalue weighted by molar-refractivity contribution is 5.75. The van der Waals surface area contributed by atoms with E-state index in [1.54, 1.807) is 0 Å². The van der Waals surface area contributed by atoms with Gasteiger partial charge in [0.1, 0.15) is 0 Å². The molecule has 3 nitrogen and oxygen atoms in total. The number of likely N-dealkylation sites (tertiary alicyclic amines) is 1. The average Bonchev–Trinajstić information content (AvgIpc) is 2.38. The summed E-state index contributed by atoms with van der Waals surface area (Å²) in [4.78, 5) is 14.6. The van der Waals surface area contributed by atoms with E-state index in [0.717, 1.165) is 19.3 Å². The number of piperidine rings is 1. The maximum absolute atomic E-state index is 11.9. The Kier molecular flexibility index (Phi) is 2.55. The average molecular weight is 263 g/mol. The Morgan fingerprint density at radius 2 is 1.63 bits per heavy atom. The van der Waals surface area contributed by atoms with Crippen LogP contribution in [0, 0.1) is 17.3 Å². The van der Waals surface area contributed by atoms with Crippen LogP contribution >= 0.6 is 0 Å². The molecule has 0 aromatic carbocycles. The highest BCUT2D eigenvalue weighted by Crippen LogP contribution is 2.63. The third kappa shape index (κ3) is 1.70. The Balaban J connectivity index is 1.67. The van der Waals surface area contributed by atoms with Crippen molar-refractivity contribution in [3.05, 3.63) is 0 Å². The summed E-state index contributed by atoms with van der Waals surface area (Å²) in [5.74, 6) is 0.890. The van der Waals surface area contributed by atoms with Crippen molar-refractivity contribution in [3.8, 4) is 0 Å². The first-order chi connectivity index (χ1) is 9.12. The molecule has 3 heteroatoms. The van der Waals surface area contributed by atoms with Crippen molar-refractivity contribution in [2.45, 2.75) is 63.3 Å². The summed E-state index contributed by atoms with van der Waals surface area (Å²) >= 11 is 0. The van der Waals surface area contributed by atoms with Crippen LogP contribution in [0.2, 0.25) is 0 Å². The zero-order valence-electron chi connectivity index (χ0n) is 11.7. The van der Waals surface area contributed by atoms with Crippen molar-refractivity contribution in [2.24, 2.45) is 17.3 Å². The summed E-state index contributed by atoms with van der Waals surface area (Å²) in [5, 5.41) is 9.77. The molecule has 5 aliphatic rings. The van der Waals surface area contributed by atoms with E-state index in [1.165, 1.54) is 51.6 Å². The van der Waals surface area contributed by atoms with Gasteiger partial charge in [0.05, 0.1) is 5.41 Å². The largest absolute Gasteiger partial charge is 0.481 e. The third-order valence-corrected chi connectivity index (χ3v) is 6.51. The van der Waals surface area contributed by atoms with Gasteiger partial charge in [0, 0.05) is 5.54 Å². The fraction of sp³-hybridized carbons (Fsp3) is 0.938. The fourth-order valence-corrected chi connectivity index (χ4v) is 6.20. The molecule has 1 aliphatic heterocycles. The molecule has 2 unspecified atom stereocenters. The lowest BCUT2D eigenvalue weighted by Crippen LogP contribution is -2.65. The monoisotopic (exact) mass is 263 g/mol. The van der Waals surface area contributed by atoms with Gasteiger partial charge in [-0.05, 0) is 76.3 Å². The minimum Gasteiger partial charge on any atom is -0.481 e. The van der Waals surface area contributed by atoms with E-state index in [-0.39, 0.29) is 11.0 Å². The molecule has 4 saturated carbocycles. The van der Waals surface area contributed by atoms with Crippen LogP contribution in [-0.4, -0.2) is 34.6 Å². The van der Waals surface area contributed by atoms with Crippen LogP contribution in [0.1, 0.15) is 57.8 Å². The smallest absolute Gasteiger partial charge is 0.309 e. The second kappa shape index (κ2) is 3.97. The second-order valence-electron chi connectivity index (χ2n) is 7.82.